The SMILES string of the molecule is CN(CBr)c1ccc2nc[nH]c2c1. The van der Waals surface area contributed by atoms with Crippen LogP contribution in [0.4, 0.5) is 5.69 Å². The Morgan fingerprint density at radius 2 is 2.38 bits per heavy atom. The van der Waals surface area contributed by atoms with Crippen LogP contribution < -0.4 is 4.90 Å². The first-order chi connectivity index (χ1) is 6.31. The van der Waals surface area contributed by atoms with Gasteiger partial charge in [-0.25, -0.2) is 4.98 Å². The molecule has 2 aromatic rings. The molecule has 3 nitrogen and oxygen atoms in total. The summed E-state index contributed by atoms with van der Waals surface area (Å²) >= 11 is 3.41. The second kappa shape index (κ2) is 3.38. The number of halogens is 1. The van der Waals surface area contributed by atoms with Crippen LogP contribution in [0.1, 0.15) is 0 Å². The summed E-state index contributed by atoms with van der Waals surface area (Å²) in [5.41, 5.74) is 4.08. The number of hydrogen-bond donors (Lipinski definition) is 1. The normalized spacial score (nSPS) is 10.6. The Balaban J connectivity index is 2.48. The molecule has 0 aliphatic rings. The third kappa shape index (κ3) is 1.54. The van der Waals surface area contributed by atoms with Crippen LogP contribution >= 0.6 is 15.9 Å². The molecule has 4 heteroatoms. The summed E-state index contributed by atoms with van der Waals surface area (Å²) in [4.78, 5) is 9.36. The molecule has 0 radical (unpaired) electrons. The predicted octanol–water partition coefficient (Wildman–Crippen LogP) is 2.35. The van der Waals surface area contributed by atoms with Crippen LogP contribution in [-0.4, -0.2) is 22.5 Å². The van der Waals surface area contributed by atoms with Gasteiger partial charge in [-0.3, -0.25) is 0 Å². The van der Waals surface area contributed by atoms with Crippen molar-refractivity contribution < 1.29 is 0 Å². The van der Waals surface area contributed by atoms with Gasteiger partial charge in [0.15, 0.2) is 0 Å². The predicted molar refractivity (Wildman–Crippen MR) is 58.3 cm³/mol. The van der Waals surface area contributed by atoms with Crippen molar-refractivity contribution >= 4 is 32.7 Å². The number of nitrogens with zero attached hydrogens (tertiary/aromatic N) is 2. The van der Waals surface area contributed by atoms with E-state index in [1.165, 1.54) is 5.69 Å². The fraction of sp³-hybridized carbons (Fsp3) is 0.222. The molecule has 13 heavy (non-hydrogen) atoms. The number of aromatic nitrogens is 2. The van der Waals surface area contributed by atoms with Crippen LogP contribution in [0, 0.1) is 0 Å². The van der Waals surface area contributed by atoms with Crippen molar-refractivity contribution in [2.24, 2.45) is 0 Å². The molecule has 0 aliphatic heterocycles. The number of aromatic amines is 1. The molecule has 1 N–H and O–H groups in total. The highest BCUT2D eigenvalue weighted by Gasteiger charge is 2.01. The summed E-state index contributed by atoms with van der Waals surface area (Å²) in [5.74, 6) is 0. The zero-order chi connectivity index (χ0) is 9.26. The molecule has 0 unspecified atom stereocenters. The van der Waals surface area contributed by atoms with E-state index in [1.807, 2.05) is 13.1 Å². The monoisotopic (exact) mass is 239 g/mol. The Bertz CT molecular complexity index is 410. The Hall–Kier alpha value is -1.03. The highest BCUT2D eigenvalue weighted by atomic mass is 79.9. The summed E-state index contributed by atoms with van der Waals surface area (Å²) < 4.78 is 0. The number of alkyl halides is 1. The first-order valence-corrected chi connectivity index (χ1v) is 5.13. The number of imidazole rings is 1. The number of H-pyrrole nitrogens is 1. The molecule has 0 atom stereocenters. The van der Waals surface area contributed by atoms with E-state index < -0.39 is 0 Å². The molecule has 0 saturated carbocycles. The molecule has 0 saturated heterocycles. The summed E-state index contributed by atoms with van der Waals surface area (Å²) in [6.45, 7) is 0. The highest BCUT2D eigenvalue weighted by Crippen LogP contribution is 2.18. The smallest absolute Gasteiger partial charge is 0.0931 e. The van der Waals surface area contributed by atoms with Crippen molar-refractivity contribution in [3.05, 3.63) is 24.5 Å². The van der Waals surface area contributed by atoms with E-state index in [4.69, 9.17) is 0 Å². The standard InChI is InChI=1S/C9H10BrN3/c1-13(5-10)7-2-3-8-9(4-7)12-6-11-8/h2-4,6H,5H2,1H3,(H,11,12). The first-order valence-electron chi connectivity index (χ1n) is 4.01. The molecule has 0 bridgehead atoms. The van der Waals surface area contributed by atoms with Crippen molar-refractivity contribution in [1.82, 2.24) is 9.97 Å². The molecule has 0 fully saturated rings. The quantitative estimate of drug-likeness (QED) is 0.645. The minimum Gasteiger partial charge on any atom is -0.365 e. The second-order valence-electron chi connectivity index (χ2n) is 2.92. The third-order valence-electron chi connectivity index (χ3n) is 2.02. The maximum absolute atomic E-state index is 4.16. The minimum absolute atomic E-state index is 0.826. The van der Waals surface area contributed by atoms with E-state index in [1.54, 1.807) is 6.33 Å². The summed E-state index contributed by atoms with van der Waals surface area (Å²) in [7, 11) is 2.03. The second-order valence-corrected chi connectivity index (χ2v) is 3.42. The van der Waals surface area contributed by atoms with Gasteiger partial charge in [0.2, 0.25) is 0 Å². The lowest BCUT2D eigenvalue weighted by Crippen LogP contribution is -2.13. The van der Waals surface area contributed by atoms with E-state index in [9.17, 15) is 0 Å². The Morgan fingerprint density at radius 3 is 3.15 bits per heavy atom. The summed E-state index contributed by atoms with van der Waals surface area (Å²) in [5, 5.41) is 0. The molecule has 1 heterocycles. The fourth-order valence-corrected chi connectivity index (χ4v) is 1.52. The molecule has 1 aromatic heterocycles. The van der Waals surface area contributed by atoms with Crippen LogP contribution in [0.5, 0.6) is 0 Å². The van der Waals surface area contributed by atoms with Crippen molar-refractivity contribution in [3.63, 3.8) is 0 Å². The lowest BCUT2D eigenvalue weighted by molar-refractivity contribution is 1.11. The topological polar surface area (TPSA) is 31.9 Å². The Kier molecular flexibility index (Phi) is 2.22. The van der Waals surface area contributed by atoms with Gasteiger partial charge in [0.1, 0.15) is 0 Å². The van der Waals surface area contributed by atoms with Crippen molar-refractivity contribution in [2.45, 2.75) is 0 Å². The fourth-order valence-electron chi connectivity index (χ4n) is 1.23. The maximum atomic E-state index is 4.16. The van der Waals surface area contributed by atoms with Gasteiger partial charge in [-0.2, -0.15) is 0 Å². The average Bonchev–Trinajstić information content (AvgIpc) is 2.63. The van der Waals surface area contributed by atoms with Crippen LogP contribution in [0.25, 0.3) is 11.0 Å². The lowest BCUT2D eigenvalue weighted by atomic mass is 10.2. The van der Waals surface area contributed by atoms with Crippen LogP contribution in [0.15, 0.2) is 24.5 Å². The minimum atomic E-state index is 0.826. The Labute approximate surface area is 84.9 Å². The number of anilines is 1. The van der Waals surface area contributed by atoms with E-state index in [0.717, 1.165) is 16.5 Å². The van der Waals surface area contributed by atoms with E-state index in [2.05, 4.69) is 42.9 Å². The summed E-state index contributed by atoms with van der Waals surface area (Å²) in [6.07, 6.45) is 1.71. The largest absolute Gasteiger partial charge is 0.365 e. The van der Waals surface area contributed by atoms with Gasteiger partial charge >= 0.3 is 0 Å². The molecule has 0 aliphatic carbocycles. The number of rotatable bonds is 2. The van der Waals surface area contributed by atoms with Gasteiger partial charge in [-0.1, -0.05) is 15.9 Å². The van der Waals surface area contributed by atoms with E-state index >= 15 is 0 Å². The van der Waals surface area contributed by atoms with Gasteiger partial charge in [0, 0.05) is 12.7 Å². The molecular weight excluding hydrogens is 230 g/mol. The zero-order valence-corrected chi connectivity index (χ0v) is 8.87. The first kappa shape index (κ1) is 8.56. The van der Waals surface area contributed by atoms with Gasteiger partial charge in [-0.15, -0.1) is 0 Å². The molecule has 2 rings (SSSR count). The average molecular weight is 240 g/mol. The molecule has 0 spiro atoms. The zero-order valence-electron chi connectivity index (χ0n) is 7.29. The molecule has 1 aromatic carbocycles. The van der Waals surface area contributed by atoms with Gasteiger partial charge in [0.05, 0.1) is 22.8 Å². The number of hydrogen-bond acceptors (Lipinski definition) is 2. The highest BCUT2D eigenvalue weighted by molar-refractivity contribution is 9.09. The van der Waals surface area contributed by atoms with Crippen molar-refractivity contribution in [3.8, 4) is 0 Å². The summed E-state index contributed by atoms with van der Waals surface area (Å²) in [6, 6.07) is 6.16. The van der Waals surface area contributed by atoms with Gasteiger partial charge < -0.3 is 9.88 Å². The Morgan fingerprint density at radius 1 is 1.54 bits per heavy atom. The van der Waals surface area contributed by atoms with Crippen LogP contribution in [-0.2, 0) is 0 Å². The number of nitrogens with one attached hydrogen (secondary N) is 1. The van der Waals surface area contributed by atoms with Crippen molar-refractivity contribution in [1.29, 1.82) is 0 Å². The maximum Gasteiger partial charge on any atom is 0.0931 e. The van der Waals surface area contributed by atoms with Crippen LogP contribution in [0.3, 0.4) is 0 Å². The number of benzene rings is 1. The lowest BCUT2D eigenvalue weighted by Gasteiger charge is -2.15. The molecule has 68 valence electrons. The van der Waals surface area contributed by atoms with Gasteiger partial charge in [0.25, 0.3) is 0 Å². The number of fused-ring (bicyclic) bond motifs is 1. The van der Waals surface area contributed by atoms with E-state index in [0.29, 0.717) is 0 Å². The third-order valence-corrected chi connectivity index (χ3v) is 2.78. The van der Waals surface area contributed by atoms with Gasteiger partial charge in [-0.05, 0) is 18.2 Å². The molecular formula is C9H10BrN3. The van der Waals surface area contributed by atoms with Crippen LogP contribution in [0.2, 0.25) is 0 Å². The van der Waals surface area contributed by atoms with Crippen molar-refractivity contribution in [2.75, 3.05) is 17.4 Å². The van der Waals surface area contributed by atoms with E-state index in [-0.39, 0.29) is 0 Å². The molecule has 0 amide bonds.